The number of hydrogen-bond donors (Lipinski definition) is 1. The summed E-state index contributed by atoms with van der Waals surface area (Å²) in [6.45, 7) is 2.11. The molecule has 13 heavy (non-hydrogen) atoms. The molecule has 0 saturated carbocycles. The lowest BCUT2D eigenvalue weighted by Gasteiger charge is -2.17. The van der Waals surface area contributed by atoms with Gasteiger partial charge in [-0.15, -0.1) is 0 Å². The van der Waals surface area contributed by atoms with E-state index < -0.39 is 6.23 Å². The first kappa shape index (κ1) is 8.69. The minimum Gasteiger partial charge on any atom is -0.372 e. The third-order valence-corrected chi connectivity index (χ3v) is 2.36. The van der Waals surface area contributed by atoms with Crippen LogP contribution in [0.4, 0.5) is 0 Å². The van der Waals surface area contributed by atoms with E-state index in [0.29, 0.717) is 0 Å². The van der Waals surface area contributed by atoms with Gasteiger partial charge < -0.3 is 5.11 Å². The molecule has 1 aromatic rings. The Morgan fingerprint density at radius 2 is 2.46 bits per heavy atom. The van der Waals surface area contributed by atoms with Gasteiger partial charge in [-0.2, -0.15) is 5.10 Å². The van der Waals surface area contributed by atoms with Crippen molar-refractivity contribution in [1.29, 1.82) is 0 Å². The molecule has 0 amide bonds. The first-order valence-electron chi connectivity index (χ1n) is 4.93. The standard InChI is InChI=1S/C9H15N3O/c1-2-4-7-10-8-5-3-6-9(13)12(8)11-7/h9,13H,2-6H2,1H3. The molecule has 1 aliphatic rings. The Hall–Kier alpha value is -0.900. The first-order chi connectivity index (χ1) is 6.31. The zero-order chi connectivity index (χ0) is 9.26. The molecule has 4 nitrogen and oxygen atoms in total. The fourth-order valence-corrected chi connectivity index (χ4v) is 1.71. The van der Waals surface area contributed by atoms with E-state index in [9.17, 15) is 5.11 Å². The average molecular weight is 181 g/mol. The molecule has 0 radical (unpaired) electrons. The van der Waals surface area contributed by atoms with E-state index in [0.717, 1.165) is 43.8 Å². The van der Waals surface area contributed by atoms with Crippen LogP contribution in [0.2, 0.25) is 0 Å². The van der Waals surface area contributed by atoms with Gasteiger partial charge in [-0.1, -0.05) is 6.92 Å². The largest absolute Gasteiger partial charge is 0.372 e. The van der Waals surface area contributed by atoms with Gasteiger partial charge in [0.2, 0.25) is 0 Å². The van der Waals surface area contributed by atoms with Gasteiger partial charge in [-0.25, -0.2) is 9.67 Å². The van der Waals surface area contributed by atoms with Crippen LogP contribution in [-0.2, 0) is 12.8 Å². The molecule has 0 fully saturated rings. The molecule has 2 heterocycles. The number of aliphatic hydroxyl groups is 1. The SMILES string of the molecule is CCCc1nc2n(n1)C(O)CCC2. The Bertz CT molecular complexity index is 295. The molecular formula is C9H15N3O. The molecule has 1 unspecified atom stereocenters. The summed E-state index contributed by atoms with van der Waals surface area (Å²) in [4.78, 5) is 4.38. The van der Waals surface area contributed by atoms with Gasteiger partial charge in [-0.3, -0.25) is 0 Å². The summed E-state index contributed by atoms with van der Waals surface area (Å²) in [5, 5.41) is 13.9. The number of nitrogens with zero attached hydrogens (tertiary/aromatic N) is 3. The third kappa shape index (κ3) is 1.58. The highest BCUT2D eigenvalue weighted by Gasteiger charge is 2.20. The molecule has 1 aliphatic heterocycles. The summed E-state index contributed by atoms with van der Waals surface area (Å²) < 4.78 is 1.68. The normalized spacial score (nSPS) is 21.5. The summed E-state index contributed by atoms with van der Waals surface area (Å²) in [5.74, 6) is 1.82. The van der Waals surface area contributed by atoms with Crippen molar-refractivity contribution >= 4 is 0 Å². The quantitative estimate of drug-likeness (QED) is 0.742. The molecule has 0 aliphatic carbocycles. The molecule has 2 rings (SSSR count). The van der Waals surface area contributed by atoms with Crippen molar-refractivity contribution in [1.82, 2.24) is 14.8 Å². The summed E-state index contributed by atoms with van der Waals surface area (Å²) in [6.07, 6.45) is 4.30. The van der Waals surface area contributed by atoms with Crippen molar-refractivity contribution in [2.24, 2.45) is 0 Å². The topological polar surface area (TPSA) is 50.9 Å². The molecule has 0 spiro atoms. The van der Waals surface area contributed by atoms with Crippen molar-refractivity contribution < 1.29 is 5.11 Å². The van der Waals surface area contributed by atoms with Gasteiger partial charge in [-0.05, 0) is 19.3 Å². The predicted octanol–water partition coefficient (Wildman–Crippen LogP) is 1.06. The Morgan fingerprint density at radius 1 is 1.62 bits per heavy atom. The zero-order valence-corrected chi connectivity index (χ0v) is 7.90. The minimum atomic E-state index is -0.443. The Morgan fingerprint density at radius 3 is 3.15 bits per heavy atom. The predicted molar refractivity (Wildman–Crippen MR) is 48.2 cm³/mol. The second kappa shape index (κ2) is 3.46. The second-order valence-electron chi connectivity index (χ2n) is 3.51. The van der Waals surface area contributed by atoms with Crippen LogP contribution in [0.1, 0.15) is 44.1 Å². The number of rotatable bonds is 2. The number of aliphatic hydroxyl groups excluding tert-OH is 1. The summed E-state index contributed by atoms with van der Waals surface area (Å²) >= 11 is 0. The summed E-state index contributed by atoms with van der Waals surface area (Å²) in [5.41, 5.74) is 0. The van der Waals surface area contributed by atoms with E-state index in [-0.39, 0.29) is 0 Å². The third-order valence-electron chi connectivity index (χ3n) is 2.36. The average Bonchev–Trinajstić information content (AvgIpc) is 2.49. The number of fused-ring (bicyclic) bond motifs is 1. The maximum absolute atomic E-state index is 9.60. The van der Waals surface area contributed by atoms with Crippen LogP contribution in [0.3, 0.4) is 0 Å². The molecular weight excluding hydrogens is 166 g/mol. The lowest BCUT2D eigenvalue weighted by Crippen LogP contribution is -2.18. The van der Waals surface area contributed by atoms with Gasteiger partial charge >= 0.3 is 0 Å². The van der Waals surface area contributed by atoms with E-state index >= 15 is 0 Å². The molecule has 0 saturated heterocycles. The Labute approximate surface area is 77.6 Å². The summed E-state index contributed by atoms with van der Waals surface area (Å²) in [6, 6.07) is 0. The minimum absolute atomic E-state index is 0.443. The van der Waals surface area contributed by atoms with E-state index in [1.165, 1.54) is 0 Å². The van der Waals surface area contributed by atoms with E-state index in [1.54, 1.807) is 4.68 Å². The van der Waals surface area contributed by atoms with Gasteiger partial charge in [0.05, 0.1) is 0 Å². The van der Waals surface area contributed by atoms with E-state index in [1.807, 2.05) is 0 Å². The van der Waals surface area contributed by atoms with Crippen LogP contribution in [-0.4, -0.2) is 19.9 Å². The molecule has 1 aromatic heterocycles. The van der Waals surface area contributed by atoms with Gasteiger partial charge in [0, 0.05) is 12.8 Å². The molecule has 1 atom stereocenters. The highest BCUT2D eigenvalue weighted by Crippen LogP contribution is 2.20. The maximum Gasteiger partial charge on any atom is 0.151 e. The number of hydrogen-bond acceptors (Lipinski definition) is 3. The lowest BCUT2D eigenvalue weighted by molar-refractivity contribution is 0.0643. The van der Waals surface area contributed by atoms with Crippen LogP contribution < -0.4 is 0 Å². The molecule has 72 valence electrons. The van der Waals surface area contributed by atoms with E-state index in [4.69, 9.17) is 0 Å². The van der Waals surface area contributed by atoms with Crippen LogP contribution >= 0.6 is 0 Å². The Kier molecular flexibility index (Phi) is 2.31. The van der Waals surface area contributed by atoms with Crippen molar-refractivity contribution in [2.45, 2.75) is 45.3 Å². The number of aryl methyl sites for hydroxylation is 2. The summed E-state index contributed by atoms with van der Waals surface area (Å²) in [7, 11) is 0. The molecule has 1 N–H and O–H groups in total. The highest BCUT2D eigenvalue weighted by atomic mass is 16.3. The van der Waals surface area contributed by atoms with Crippen LogP contribution in [0.5, 0.6) is 0 Å². The zero-order valence-electron chi connectivity index (χ0n) is 7.90. The highest BCUT2D eigenvalue weighted by molar-refractivity contribution is 4.96. The maximum atomic E-state index is 9.60. The fraction of sp³-hybridized carbons (Fsp3) is 0.778. The van der Waals surface area contributed by atoms with Crippen LogP contribution in [0.25, 0.3) is 0 Å². The van der Waals surface area contributed by atoms with Crippen molar-refractivity contribution in [3.8, 4) is 0 Å². The van der Waals surface area contributed by atoms with Crippen molar-refractivity contribution in [2.75, 3.05) is 0 Å². The first-order valence-corrected chi connectivity index (χ1v) is 4.93. The Balaban J connectivity index is 2.25. The van der Waals surface area contributed by atoms with Crippen LogP contribution in [0.15, 0.2) is 0 Å². The smallest absolute Gasteiger partial charge is 0.151 e. The van der Waals surface area contributed by atoms with Gasteiger partial charge in [0.15, 0.2) is 5.82 Å². The monoisotopic (exact) mass is 181 g/mol. The number of aromatic nitrogens is 3. The molecule has 0 aromatic carbocycles. The molecule has 4 heteroatoms. The van der Waals surface area contributed by atoms with Gasteiger partial charge in [0.1, 0.15) is 12.1 Å². The second-order valence-corrected chi connectivity index (χ2v) is 3.51. The van der Waals surface area contributed by atoms with Gasteiger partial charge in [0.25, 0.3) is 0 Å². The molecule has 0 bridgehead atoms. The lowest BCUT2D eigenvalue weighted by atomic mass is 10.1. The van der Waals surface area contributed by atoms with Crippen molar-refractivity contribution in [3.63, 3.8) is 0 Å². The van der Waals surface area contributed by atoms with Crippen LogP contribution in [0, 0.1) is 0 Å². The van der Waals surface area contributed by atoms with Crippen molar-refractivity contribution in [3.05, 3.63) is 11.6 Å². The van der Waals surface area contributed by atoms with E-state index in [2.05, 4.69) is 17.0 Å². The fourth-order valence-electron chi connectivity index (χ4n) is 1.71.